The van der Waals surface area contributed by atoms with Crippen molar-refractivity contribution in [3.05, 3.63) is 0 Å². The Balaban J connectivity index is 3.63. The van der Waals surface area contributed by atoms with Gasteiger partial charge in [0.25, 0.3) is 0 Å². The van der Waals surface area contributed by atoms with Crippen LogP contribution in [0.1, 0.15) is 39.5 Å². The summed E-state index contributed by atoms with van der Waals surface area (Å²) in [5.74, 6) is 0. The van der Waals surface area contributed by atoms with Gasteiger partial charge in [-0.15, -0.1) is 0 Å². The normalized spacial score (nSPS) is 15.3. The second-order valence-electron chi connectivity index (χ2n) is 3.63. The zero-order chi connectivity index (χ0) is 10.2. The van der Waals surface area contributed by atoms with Gasteiger partial charge in [0, 0.05) is 6.54 Å². The second kappa shape index (κ2) is 7.04. The van der Waals surface area contributed by atoms with Crippen LogP contribution in [0.25, 0.3) is 0 Å². The van der Waals surface area contributed by atoms with Crippen molar-refractivity contribution in [2.24, 2.45) is 5.73 Å². The minimum absolute atomic E-state index is 0.602. The smallest absolute Gasteiger partial charge is 0.141 e. The van der Waals surface area contributed by atoms with Gasteiger partial charge in [-0.3, -0.25) is 0 Å². The maximum absolute atomic E-state index is 10.7. The van der Waals surface area contributed by atoms with E-state index in [1.807, 2.05) is 6.92 Å². The molecule has 0 unspecified atom stereocenters. The van der Waals surface area contributed by atoms with Crippen LogP contribution in [0.3, 0.4) is 0 Å². The Morgan fingerprint density at radius 3 is 2.54 bits per heavy atom. The maximum atomic E-state index is 10.7. The van der Waals surface area contributed by atoms with E-state index < -0.39 is 5.54 Å². The van der Waals surface area contributed by atoms with Crippen molar-refractivity contribution in [1.29, 1.82) is 0 Å². The van der Waals surface area contributed by atoms with E-state index in [2.05, 4.69) is 12.2 Å². The van der Waals surface area contributed by atoms with Gasteiger partial charge in [-0.05, 0) is 19.4 Å². The number of hydrogen-bond acceptors (Lipinski definition) is 3. The quantitative estimate of drug-likeness (QED) is 0.440. The summed E-state index contributed by atoms with van der Waals surface area (Å²) in [4.78, 5) is 10.7. The molecule has 0 aliphatic heterocycles. The van der Waals surface area contributed by atoms with Gasteiger partial charge < -0.3 is 15.8 Å². The molecule has 3 N–H and O–H groups in total. The molecule has 0 aliphatic carbocycles. The summed E-state index contributed by atoms with van der Waals surface area (Å²) >= 11 is 0. The summed E-state index contributed by atoms with van der Waals surface area (Å²) in [7, 11) is 0. The Bertz CT molecular complexity index is 139. The van der Waals surface area contributed by atoms with Crippen molar-refractivity contribution in [3.63, 3.8) is 0 Å². The summed E-state index contributed by atoms with van der Waals surface area (Å²) < 4.78 is 0. The molecular weight excluding hydrogens is 164 g/mol. The lowest BCUT2D eigenvalue weighted by atomic mass is 9.97. The number of rotatable bonds is 8. The van der Waals surface area contributed by atoms with Crippen LogP contribution in [0, 0.1) is 0 Å². The maximum Gasteiger partial charge on any atom is 0.141 e. The van der Waals surface area contributed by atoms with Crippen LogP contribution in [0.5, 0.6) is 0 Å². The van der Waals surface area contributed by atoms with E-state index in [9.17, 15) is 4.79 Å². The Kier molecular flexibility index (Phi) is 6.82. The molecule has 0 aromatic carbocycles. The van der Waals surface area contributed by atoms with Crippen LogP contribution < -0.4 is 11.1 Å². The lowest BCUT2D eigenvalue weighted by molar-refractivity contribution is -0.112. The van der Waals surface area contributed by atoms with E-state index >= 15 is 0 Å². The van der Waals surface area contributed by atoms with E-state index in [1.54, 1.807) is 0 Å². The lowest BCUT2D eigenvalue weighted by Gasteiger charge is -2.22. The second-order valence-corrected chi connectivity index (χ2v) is 3.63. The zero-order valence-corrected chi connectivity index (χ0v) is 8.81. The summed E-state index contributed by atoms with van der Waals surface area (Å²) in [5.41, 5.74) is 5.21. The van der Waals surface area contributed by atoms with Crippen molar-refractivity contribution < 1.29 is 4.79 Å². The largest absolute Gasteiger partial charge is 0.318 e. The van der Waals surface area contributed by atoms with Crippen LogP contribution in [0.4, 0.5) is 0 Å². The third-order valence-corrected chi connectivity index (χ3v) is 2.11. The Labute approximate surface area is 81.1 Å². The van der Waals surface area contributed by atoms with Gasteiger partial charge >= 0.3 is 0 Å². The average Bonchev–Trinajstić information content (AvgIpc) is 2.13. The minimum Gasteiger partial charge on any atom is -0.318 e. The molecule has 0 aromatic rings. The number of hydrogen-bond donors (Lipinski definition) is 2. The monoisotopic (exact) mass is 186 g/mol. The molecule has 0 spiro atoms. The first-order valence-electron chi connectivity index (χ1n) is 5.14. The predicted octanol–water partition coefficient (Wildman–Crippen LogP) is 1.07. The third kappa shape index (κ3) is 5.77. The predicted molar refractivity (Wildman–Crippen MR) is 55.7 cm³/mol. The van der Waals surface area contributed by atoms with Crippen molar-refractivity contribution in [1.82, 2.24) is 5.32 Å². The van der Waals surface area contributed by atoms with E-state index in [0.717, 1.165) is 32.1 Å². The van der Waals surface area contributed by atoms with E-state index in [-0.39, 0.29) is 0 Å². The first-order chi connectivity index (χ1) is 6.18. The highest BCUT2D eigenvalue weighted by atomic mass is 16.1. The molecule has 0 heterocycles. The van der Waals surface area contributed by atoms with Crippen LogP contribution in [0.15, 0.2) is 0 Å². The summed E-state index contributed by atoms with van der Waals surface area (Å²) in [6.45, 7) is 5.73. The highest BCUT2D eigenvalue weighted by Gasteiger charge is 2.21. The van der Waals surface area contributed by atoms with Crippen LogP contribution >= 0.6 is 0 Å². The number of nitrogens with one attached hydrogen (secondary N) is 1. The highest BCUT2D eigenvalue weighted by Crippen LogP contribution is 2.04. The summed E-state index contributed by atoms with van der Waals surface area (Å²) in [6, 6.07) is 0. The lowest BCUT2D eigenvalue weighted by Crippen LogP contribution is -2.50. The fourth-order valence-electron chi connectivity index (χ4n) is 1.28. The molecule has 0 radical (unpaired) electrons. The Morgan fingerprint density at radius 2 is 2.08 bits per heavy atom. The molecule has 78 valence electrons. The molecule has 3 heteroatoms. The molecule has 0 rings (SSSR count). The average molecular weight is 186 g/mol. The molecule has 3 nitrogen and oxygen atoms in total. The van der Waals surface area contributed by atoms with Gasteiger partial charge in [0.05, 0.1) is 5.54 Å². The number of carbonyl (C=O) groups is 1. The molecular formula is C10H22N2O. The Hall–Kier alpha value is -0.410. The third-order valence-electron chi connectivity index (χ3n) is 2.11. The van der Waals surface area contributed by atoms with Crippen molar-refractivity contribution in [2.45, 2.75) is 45.1 Å². The number of unbranched alkanes of at least 4 members (excludes halogenated alkanes) is 1. The van der Waals surface area contributed by atoms with Gasteiger partial charge in [-0.2, -0.15) is 0 Å². The van der Waals surface area contributed by atoms with Crippen molar-refractivity contribution in [2.75, 3.05) is 13.1 Å². The highest BCUT2D eigenvalue weighted by molar-refractivity contribution is 5.64. The van der Waals surface area contributed by atoms with Gasteiger partial charge in [-0.25, -0.2) is 0 Å². The Morgan fingerprint density at radius 1 is 1.38 bits per heavy atom. The SMILES string of the molecule is CCCCNC[C@@](N)(C=O)CCC. The topological polar surface area (TPSA) is 55.1 Å². The minimum atomic E-state index is -0.650. The molecule has 0 aromatic heterocycles. The molecule has 0 bridgehead atoms. The van der Waals surface area contributed by atoms with Crippen LogP contribution in [-0.2, 0) is 4.79 Å². The molecule has 0 amide bonds. The molecule has 0 aliphatic rings. The van der Waals surface area contributed by atoms with Crippen LogP contribution in [0.2, 0.25) is 0 Å². The molecule has 1 atom stereocenters. The van der Waals surface area contributed by atoms with E-state index in [4.69, 9.17) is 5.73 Å². The number of aldehydes is 1. The molecule has 0 saturated heterocycles. The van der Waals surface area contributed by atoms with Gasteiger partial charge in [-0.1, -0.05) is 26.7 Å². The summed E-state index contributed by atoms with van der Waals surface area (Å²) in [5, 5.41) is 3.21. The standard InChI is InChI=1S/C10H22N2O/c1-3-5-7-12-8-10(11,9-13)6-4-2/h9,12H,3-8,11H2,1-2H3/t10-/m1/s1. The number of nitrogens with two attached hydrogens (primary N) is 1. The fourth-order valence-corrected chi connectivity index (χ4v) is 1.28. The van der Waals surface area contributed by atoms with Gasteiger partial charge in [0.2, 0.25) is 0 Å². The number of carbonyl (C=O) groups excluding carboxylic acids is 1. The molecule has 0 fully saturated rings. The van der Waals surface area contributed by atoms with Gasteiger partial charge in [0.15, 0.2) is 0 Å². The van der Waals surface area contributed by atoms with Crippen molar-refractivity contribution >= 4 is 6.29 Å². The first-order valence-corrected chi connectivity index (χ1v) is 5.14. The van der Waals surface area contributed by atoms with Crippen molar-refractivity contribution in [3.8, 4) is 0 Å². The van der Waals surface area contributed by atoms with Gasteiger partial charge in [0.1, 0.15) is 6.29 Å². The fraction of sp³-hybridized carbons (Fsp3) is 0.900. The summed E-state index contributed by atoms with van der Waals surface area (Å²) in [6.07, 6.45) is 4.89. The van der Waals surface area contributed by atoms with Crippen LogP contribution in [-0.4, -0.2) is 24.9 Å². The first kappa shape index (κ1) is 12.6. The molecule has 0 saturated carbocycles. The van der Waals surface area contributed by atoms with E-state index in [0.29, 0.717) is 6.54 Å². The van der Waals surface area contributed by atoms with E-state index in [1.165, 1.54) is 6.42 Å². The molecule has 13 heavy (non-hydrogen) atoms. The zero-order valence-electron chi connectivity index (χ0n) is 8.81.